The Hall–Kier alpha value is -2.32. The van der Waals surface area contributed by atoms with Gasteiger partial charge in [0.05, 0.1) is 0 Å². The molecule has 0 atom stereocenters. The van der Waals surface area contributed by atoms with Crippen LogP contribution >= 0.6 is 0 Å². The topological polar surface area (TPSA) is 668 Å². The maximum atomic E-state index is 7.13. The van der Waals surface area contributed by atoms with Gasteiger partial charge in [-0.3, -0.25) is 0 Å². The van der Waals surface area contributed by atoms with Crippen molar-refractivity contribution in [3.8, 4) is 64.8 Å². The summed E-state index contributed by atoms with van der Waals surface area (Å²) in [6, 6.07) is 0. The summed E-state index contributed by atoms with van der Waals surface area (Å²) in [6.45, 7) is 0. The summed E-state index contributed by atoms with van der Waals surface area (Å²) in [4.78, 5) is 0. The largest absolute Gasteiger partial charge is 3.00 e. The zero-order valence-electron chi connectivity index (χ0n) is 25.7. The van der Waals surface area contributed by atoms with Crippen LogP contribution < -0.4 is 55.4 Å². The molecular formula is C12H34Cr3N21O2S12. The van der Waals surface area contributed by atoms with E-state index in [2.05, 4.69) is 152 Å². The third-order valence-electron chi connectivity index (χ3n) is 0. The van der Waals surface area contributed by atoms with Crippen LogP contribution in [-0.2, 0) is 204 Å². The minimum atomic E-state index is 0. The van der Waals surface area contributed by atoms with E-state index >= 15 is 0 Å². The molecule has 34 N–H and O–H groups in total. The zero-order chi connectivity index (χ0) is 32.5. The maximum absolute atomic E-state index is 7.13. The van der Waals surface area contributed by atoms with Gasteiger partial charge in [0.1, 0.15) is 0 Å². The molecule has 0 aromatic carbocycles. The van der Waals surface area contributed by atoms with E-state index in [-0.39, 0.29) is 118 Å². The van der Waals surface area contributed by atoms with Crippen LogP contribution in [0.4, 0.5) is 0 Å². The molecule has 0 aliphatic heterocycles. The van der Waals surface area contributed by atoms with E-state index in [0.29, 0.717) is 0 Å². The average molecular weight is 1050 g/mol. The molecule has 0 aromatic heterocycles. The normalized spacial score (nSPS) is 1.68. The van der Waals surface area contributed by atoms with E-state index in [1.807, 2.05) is 0 Å². The first kappa shape index (κ1) is 221. The standard InChI is InChI=1S/12CHNS.3Cr.9H3N.2H2O/c12*2-1-3;;;;;;;;;;;;;;/h12*3H;;;;9*1H3;2*1H2/q;;;;;;;;;;;;3*+3;;;;;;;;;;;/p-9. The van der Waals surface area contributed by atoms with Gasteiger partial charge in [0.15, 0.2) is 0 Å². The molecule has 0 fully saturated rings. The molecule has 0 saturated carbocycles. The van der Waals surface area contributed by atoms with Gasteiger partial charge in [-0.05, 0) is 0 Å². The molecule has 0 aliphatic rings. The van der Waals surface area contributed by atoms with Crippen LogP contribution in [0, 0.1) is 128 Å². The Morgan fingerprint density at radius 3 is 0.200 bits per heavy atom. The Morgan fingerprint density at radius 2 is 0.200 bits per heavy atom. The number of thiocyanates is 12. The van der Waals surface area contributed by atoms with Crippen LogP contribution in [0.1, 0.15) is 0 Å². The summed E-state index contributed by atoms with van der Waals surface area (Å²) < 4.78 is 0. The smallest absolute Gasteiger partial charge is 0.696 e. The maximum Gasteiger partial charge on any atom is 3.00 e. The fraction of sp³-hybridized carbons (Fsp3) is 0. The third-order valence-corrected chi connectivity index (χ3v) is 0. The molecule has 0 aliphatic carbocycles. The molecule has 0 bridgehead atoms. The van der Waals surface area contributed by atoms with Crippen LogP contribution in [0.5, 0.6) is 0 Å². The first-order valence-electron chi connectivity index (χ1n) is 5.13. The summed E-state index contributed by atoms with van der Waals surface area (Å²) in [5, 5.41) is 102. The van der Waals surface area contributed by atoms with Crippen LogP contribution in [-0.4, -0.2) is 11.0 Å². The van der Waals surface area contributed by atoms with Crippen molar-refractivity contribution in [2.24, 2.45) is 0 Å². The number of nitrogens with zero attached hydrogens (tertiary/aromatic N) is 12. The van der Waals surface area contributed by atoms with Crippen LogP contribution in [0.3, 0.4) is 0 Å². The second-order valence-corrected chi connectivity index (χ2v) is 3.29. The van der Waals surface area contributed by atoms with Crippen LogP contribution in [0.15, 0.2) is 0 Å². The van der Waals surface area contributed by atoms with Gasteiger partial charge in [-0.2, -0.15) is 0 Å². The van der Waals surface area contributed by atoms with Crippen LogP contribution in [0.2, 0.25) is 0 Å². The van der Waals surface area contributed by atoms with Gasteiger partial charge in [0, 0.05) is 0 Å². The van der Waals surface area contributed by atoms with Crippen molar-refractivity contribution in [2.75, 3.05) is 0 Å². The molecule has 0 spiro atoms. The Labute approximate surface area is 393 Å². The molecule has 0 amide bonds. The molecule has 0 unspecified atom stereocenters. The van der Waals surface area contributed by atoms with Crippen molar-refractivity contribution in [3.05, 3.63) is 0 Å². The number of nitriles is 12. The summed E-state index contributed by atoms with van der Waals surface area (Å²) in [5.74, 6) is 0. The second kappa shape index (κ2) is 1040. The third kappa shape index (κ3) is 16900. The van der Waals surface area contributed by atoms with Gasteiger partial charge < -0.3 is 218 Å². The number of hydrogen-bond acceptors (Lipinski definition) is 30. The van der Waals surface area contributed by atoms with Crippen molar-refractivity contribution in [1.82, 2.24) is 55.4 Å². The van der Waals surface area contributed by atoms with Crippen molar-refractivity contribution in [2.45, 2.75) is 0 Å². The van der Waals surface area contributed by atoms with Gasteiger partial charge in [0.25, 0.3) is 0 Å². The second-order valence-electron chi connectivity index (χ2n) is 1.10. The van der Waals surface area contributed by atoms with E-state index < -0.39 is 0 Å². The van der Waals surface area contributed by atoms with Gasteiger partial charge >= 0.3 is 52.1 Å². The van der Waals surface area contributed by atoms with Gasteiger partial charge in [-0.15, -0.1) is 0 Å². The molecule has 23 nitrogen and oxygen atoms in total. The van der Waals surface area contributed by atoms with Crippen molar-refractivity contribution in [1.29, 1.82) is 63.1 Å². The average Bonchev–Trinajstić information content (AvgIpc) is 2.75. The monoisotopic (exact) mass is 1040 g/mol. The van der Waals surface area contributed by atoms with Gasteiger partial charge in [-0.25, -0.2) is 63.1 Å². The van der Waals surface area contributed by atoms with E-state index in [9.17, 15) is 0 Å². The molecule has 0 heterocycles. The summed E-state index contributed by atoms with van der Waals surface area (Å²) >= 11 is 44.4. The number of rotatable bonds is 0. The van der Waals surface area contributed by atoms with Gasteiger partial charge in [0.2, 0.25) is 0 Å². The first-order chi connectivity index (χ1) is 17.0. The molecular weight excluding hydrogens is 1010 g/mol. The summed E-state index contributed by atoms with van der Waals surface area (Å²) in [5.41, 5.74) is 0. The molecule has 38 heteroatoms. The molecule has 289 valence electrons. The van der Waals surface area contributed by atoms with E-state index in [1.165, 1.54) is 64.8 Å². The predicted molar refractivity (Wildman–Crippen MR) is 211 cm³/mol. The van der Waals surface area contributed by atoms with Crippen molar-refractivity contribution < 1.29 is 63.0 Å². The fourth-order valence-electron chi connectivity index (χ4n) is 0. The quantitative estimate of drug-likeness (QED) is 0.119. The Balaban J connectivity index is -0.00000000511. The Bertz CT molecular complexity index is 613. The fourth-order valence-corrected chi connectivity index (χ4v) is 0. The van der Waals surface area contributed by atoms with E-state index in [0.717, 1.165) is 0 Å². The SMILES string of the molecule is N.N.N.N.N.N.N#C[S-].N#C[S-].N#C[S-].N#C[S-].N#C[S-].N#C[S-].N#C[S-].N#C[S-].N#C[S-].N#C[S-].N#C[S-].N#C[S-].O.O.[Cr+3].[Cr+3].[Cr+3].[NH4+].[NH4+].[NH4+]. The zero-order valence-corrected chi connectivity index (χ0v) is 39.4. The molecule has 3 radical (unpaired) electrons. The van der Waals surface area contributed by atoms with Crippen molar-refractivity contribution in [3.63, 3.8) is 0 Å². The van der Waals surface area contributed by atoms with E-state index in [4.69, 9.17) is 63.1 Å². The summed E-state index contributed by atoms with van der Waals surface area (Å²) in [6.07, 6.45) is 0. The molecule has 0 aromatic rings. The predicted octanol–water partition coefficient (Wildman–Crippen LogP) is 0.616. The molecule has 0 saturated heterocycles. The van der Waals surface area contributed by atoms with Crippen molar-refractivity contribution >= 4 is 152 Å². The minimum Gasteiger partial charge on any atom is -0.696 e. The number of hydrogen-bond donors (Lipinski definition) is 9. The molecule has 50 heavy (non-hydrogen) atoms. The Morgan fingerprint density at radius 1 is 0.200 bits per heavy atom. The van der Waals surface area contributed by atoms with Gasteiger partial charge in [-0.1, -0.05) is 64.8 Å². The van der Waals surface area contributed by atoms with E-state index in [1.54, 1.807) is 0 Å². The van der Waals surface area contributed by atoms with Crippen LogP contribution in [0.25, 0.3) is 0 Å². The first-order valence-corrected chi connectivity index (χ1v) is 10.0. The minimum absolute atomic E-state index is 0. The molecule has 0 rings (SSSR count). The Kier molecular flexibility index (Phi) is 4600. The number of quaternary nitrogens is 3. The summed E-state index contributed by atoms with van der Waals surface area (Å²) in [7, 11) is 0.